The first kappa shape index (κ1) is 16.2. The van der Waals surface area contributed by atoms with Crippen LogP contribution >= 0.6 is 11.8 Å². The van der Waals surface area contributed by atoms with Crippen LogP contribution in [-0.2, 0) is 0 Å². The minimum atomic E-state index is -4.72. The molecule has 0 aliphatic heterocycles. The van der Waals surface area contributed by atoms with Gasteiger partial charge < -0.3 is 4.74 Å². The molecule has 0 aliphatic rings. The van der Waals surface area contributed by atoms with Gasteiger partial charge in [0, 0.05) is 21.9 Å². The van der Waals surface area contributed by atoms with Gasteiger partial charge in [-0.3, -0.25) is 10.1 Å². The highest BCUT2D eigenvalue weighted by molar-refractivity contribution is 7.99. The third-order valence-electron chi connectivity index (χ3n) is 2.65. The van der Waals surface area contributed by atoms with Gasteiger partial charge in [-0.25, -0.2) is 0 Å². The lowest BCUT2D eigenvalue weighted by atomic mass is 10.2. The van der Waals surface area contributed by atoms with Crippen LogP contribution in [0.5, 0.6) is 5.75 Å². The molecular weight excluding hydrogens is 319 g/mol. The second-order valence-electron chi connectivity index (χ2n) is 4.33. The van der Waals surface area contributed by atoms with Crippen molar-refractivity contribution in [2.75, 3.05) is 0 Å². The third-order valence-corrected chi connectivity index (χ3v) is 3.84. The highest BCUT2D eigenvalue weighted by Gasteiger charge is 2.30. The van der Waals surface area contributed by atoms with Gasteiger partial charge in [-0.1, -0.05) is 11.8 Å². The van der Waals surface area contributed by atoms with E-state index in [1.165, 1.54) is 48.2 Å². The van der Waals surface area contributed by atoms with Crippen molar-refractivity contribution in [2.45, 2.75) is 23.1 Å². The number of hydrogen-bond acceptors (Lipinski definition) is 4. The number of nitro groups is 1. The summed E-state index contributed by atoms with van der Waals surface area (Å²) in [5, 5.41) is 10.7. The fourth-order valence-corrected chi connectivity index (χ4v) is 2.58. The maximum absolute atomic E-state index is 12.1. The van der Waals surface area contributed by atoms with E-state index in [2.05, 4.69) is 4.74 Å². The smallest absolute Gasteiger partial charge is 0.406 e. The number of aryl methyl sites for hydroxylation is 1. The fraction of sp³-hybridized carbons (Fsp3) is 0.143. The van der Waals surface area contributed by atoms with Crippen molar-refractivity contribution in [3.05, 3.63) is 58.1 Å². The predicted octanol–water partition coefficient (Wildman–Crippen LogP) is 4.95. The Balaban J connectivity index is 2.12. The molecule has 116 valence electrons. The topological polar surface area (TPSA) is 52.4 Å². The van der Waals surface area contributed by atoms with E-state index in [0.29, 0.717) is 4.90 Å². The molecule has 2 rings (SSSR count). The Morgan fingerprint density at radius 3 is 2.27 bits per heavy atom. The molecule has 0 N–H and O–H groups in total. The van der Waals surface area contributed by atoms with Gasteiger partial charge in [0.05, 0.1) is 4.92 Å². The van der Waals surface area contributed by atoms with Gasteiger partial charge in [0.1, 0.15) is 5.75 Å². The Bertz CT molecular complexity index is 687. The molecule has 0 saturated carbocycles. The zero-order valence-corrected chi connectivity index (χ0v) is 12.1. The Hall–Kier alpha value is -2.22. The number of halogens is 3. The summed E-state index contributed by atoms with van der Waals surface area (Å²) in [7, 11) is 0. The van der Waals surface area contributed by atoms with Gasteiger partial charge in [-0.2, -0.15) is 0 Å². The SMILES string of the molecule is Cc1cc([N+](=O)[O-])ccc1Sc1ccc(OC(F)(F)F)cc1. The van der Waals surface area contributed by atoms with Crippen molar-refractivity contribution < 1.29 is 22.8 Å². The molecule has 0 spiro atoms. The standard InChI is InChI=1S/C14H10F3NO3S/c1-9-8-10(18(19)20)2-7-13(9)22-12-5-3-11(4-6-12)21-14(15,16)17/h2-8H,1H3. The lowest BCUT2D eigenvalue weighted by molar-refractivity contribution is -0.385. The maximum atomic E-state index is 12.1. The first-order chi connectivity index (χ1) is 10.2. The summed E-state index contributed by atoms with van der Waals surface area (Å²) in [6.45, 7) is 1.73. The average Bonchev–Trinajstić information content (AvgIpc) is 2.41. The number of non-ortho nitro benzene ring substituents is 1. The zero-order chi connectivity index (χ0) is 16.3. The van der Waals surface area contributed by atoms with Crippen molar-refractivity contribution in [1.29, 1.82) is 0 Å². The summed E-state index contributed by atoms with van der Waals surface area (Å²) in [6.07, 6.45) is -4.72. The van der Waals surface area contributed by atoms with Crippen molar-refractivity contribution in [2.24, 2.45) is 0 Å². The third kappa shape index (κ3) is 4.39. The highest BCUT2D eigenvalue weighted by atomic mass is 32.2. The molecule has 22 heavy (non-hydrogen) atoms. The van der Waals surface area contributed by atoms with Crippen LogP contribution in [0.2, 0.25) is 0 Å². The lowest BCUT2D eigenvalue weighted by Gasteiger charge is -2.09. The van der Waals surface area contributed by atoms with E-state index in [1.54, 1.807) is 13.0 Å². The second-order valence-corrected chi connectivity index (χ2v) is 5.44. The Morgan fingerprint density at radius 1 is 1.14 bits per heavy atom. The quantitative estimate of drug-likeness (QED) is 0.588. The van der Waals surface area contributed by atoms with Gasteiger partial charge in [0.25, 0.3) is 5.69 Å². The van der Waals surface area contributed by atoms with E-state index >= 15 is 0 Å². The zero-order valence-electron chi connectivity index (χ0n) is 11.3. The summed E-state index contributed by atoms with van der Waals surface area (Å²) >= 11 is 1.30. The normalized spacial score (nSPS) is 11.3. The van der Waals surface area contributed by atoms with Gasteiger partial charge >= 0.3 is 6.36 Å². The van der Waals surface area contributed by atoms with E-state index in [1.807, 2.05) is 0 Å². The van der Waals surface area contributed by atoms with Crippen LogP contribution in [0, 0.1) is 17.0 Å². The van der Waals surface area contributed by atoms with Gasteiger partial charge in [0.15, 0.2) is 0 Å². The summed E-state index contributed by atoms with van der Waals surface area (Å²) in [5.74, 6) is -0.294. The first-order valence-corrected chi connectivity index (χ1v) is 6.85. The Labute approximate surface area is 128 Å². The van der Waals surface area contributed by atoms with Crippen LogP contribution in [0.1, 0.15) is 5.56 Å². The molecule has 8 heteroatoms. The molecule has 2 aromatic carbocycles. The number of benzene rings is 2. The minimum absolute atomic E-state index is 0.00391. The fourth-order valence-electron chi connectivity index (χ4n) is 1.70. The van der Waals surface area contributed by atoms with Crippen LogP contribution in [0.25, 0.3) is 0 Å². The first-order valence-electron chi connectivity index (χ1n) is 6.03. The molecule has 0 amide bonds. The van der Waals surface area contributed by atoms with Gasteiger partial charge in [0.2, 0.25) is 0 Å². The summed E-state index contributed by atoms with van der Waals surface area (Å²) in [4.78, 5) is 11.7. The van der Waals surface area contributed by atoms with Crippen molar-refractivity contribution in [1.82, 2.24) is 0 Å². The Morgan fingerprint density at radius 2 is 1.77 bits per heavy atom. The number of rotatable bonds is 4. The molecule has 0 unspecified atom stereocenters. The molecule has 0 bridgehead atoms. The monoisotopic (exact) mass is 329 g/mol. The number of alkyl halides is 3. The Kier molecular flexibility index (Phi) is 4.60. The molecule has 0 fully saturated rings. The number of hydrogen-bond donors (Lipinski definition) is 0. The van der Waals surface area contributed by atoms with Crippen molar-refractivity contribution in [3.63, 3.8) is 0 Å². The molecule has 0 atom stereocenters. The van der Waals surface area contributed by atoms with Crippen LogP contribution < -0.4 is 4.74 Å². The lowest BCUT2D eigenvalue weighted by Crippen LogP contribution is -2.16. The van der Waals surface area contributed by atoms with Crippen molar-refractivity contribution >= 4 is 17.4 Å². The number of nitrogens with zero attached hydrogens (tertiary/aromatic N) is 1. The summed E-state index contributed by atoms with van der Waals surface area (Å²) < 4.78 is 40.0. The molecule has 0 heterocycles. The summed E-state index contributed by atoms with van der Waals surface area (Å²) in [5.41, 5.74) is 0.714. The largest absolute Gasteiger partial charge is 0.573 e. The second kappa shape index (κ2) is 6.27. The molecule has 4 nitrogen and oxygen atoms in total. The van der Waals surface area contributed by atoms with Gasteiger partial charge in [-0.15, -0.1) is 13.2 Å². The molecule has 0 aromatic heterocycles. The molecule has 0 radical (unpaired) electrons. The average molecular weight is 329 g/mol. The van der Waals surface area contributed by atoms with Crippen LogP contribution in [0.3, 0.4) is 0 Å². The van der Waals surface area contributed by atoms with Gasteiger partial charge in [-0.05, 0) is 42.8 Å². The minimum Gasteiger partial charge on any atom is -0.406 e. The number of nitro benzene ring substituents is 1. The van der Waals surface area contributed by atoms with E-state index in [0.717, 1.165) is 10.5 Å². The van der Waals surface area contributed by atoms with Crippen molar-refractivity contribution in [3.8, 4) is 5.75 Å². The molecule has 2 aromatic rings. The van der Waals surface area contributed by atoms with E-state index in [4.69, 9.17) is 0 Å². The summed E-state index contributed by atoms with van der Waals surface area (Å²) in [6, 6.07) is 9.87. The van der Waals surface area contributed by atoms with Crippen LogP contribution in [0.4, 0.5) is 18.9 Å². The maximum Gasteiger partial charge on any atom is 0.573 e. The molecule has 0 saturated heterocycles. The predicted molar refractivity (Wildman–Crippen MR) is 75.1 cm³/mol. The van der Waals surface area contributed by atoms with E-state index in [-0.39, 0.29) is 11.4 Å². The molecule has 0 aliphatic carbocycles. The highest BCUT2D eigenvalue weighted by Crippen LogP contribution is 2.33. The van der Waals surface area contributed by atoms with E-state index < -0.39 is 11.3 Å². The number of ether oxygens (including phenoxy) is 1. The van der Waals surface area contributed by atoms with Crippen LogP contribution in [-0.4, -0.2) is 11.3 Å². The molecular formula is C14H10F3NO3S. The van der Waals surface area contributed by atoms with E-state index in [9.17, 15) is 23.3 Å². The van der Waals surface area contributed by atoms with Crippen LogP contribution in [0.15, 0.2) is 52.3 Å².